The Labute approximate surface area is 123 Å². The van der Waals surface area contributed by atoms with Crippen molar-refractivity contribution < 1.29 is 4.74 Å². The van der Waals surface area contributed by atoms with Gasteiger partial charge in [-0.25, -0.2) is 0 Å². The van der Waals surface area contributed by atoms with Crippen molar-refractivity contribution in [3.8, 4) is 0 Å². The van der Waals surface area contributed by atoms with Crippen LogP contribution in [0.3, 0.4) is 0 Å². The van der Waals surface area contributed by atoms with Crippen LogP contribution < -0.4 is 5.32 Å². The lowest BCUT2D eigenvalue weighted by molar-refractivity contribution is 0.139. The number of ether oxygens (including phenoxy) is 1. The molecule has 0 atom stereocenters. The van der Waals surface area contributed by atoms with Crippen molar-refractivity contribution in [3.63, 3.8) is 0 Å². The Hall–Kier alpha value is -0.900. The number of nitrogens with zero attached hydrogens (tertiary/aromatic N) is 1. The molecule has 2 rings (SSSR count). The van der Waals surface area contributed by atoms with Gasteiger partial charge in [0.25, 0.3) is 0 Å². The highest BCUT2D eigenvalue weighted by Crippen LogP contribution is 2.28. The minimum Gasteiger partial charge on any atom is -0.383 e. The summed E-state index contributed by atoms with van der Waals surface area (Å²) in [6.07, 6.45) is 3.88. The van der Waals surface area contributed by atoms with Crippen LogP contribution in [0, 0.1) is 0 Å². The lowest BCUT2D eigenvalue weighted by Gasteiger charge is -2.22. The van der Waals surface area contributed by atoms with Gasteiger partial charge >= 0.3 is 0 Å². The summed E-state index contributed by atoms with van der Waals surface area (Å²) in [5, 5.41) is 3.47. The second-order valence-corrected chi connectivity index (χ2v) is 5.69. The zero-order chi connectivity index (χ0) is 14.2. The number of nitrogens with one attached hydrogen (secondary N) is 1. The standard InChI is InChI=1S/C17H28N2O/c1-3-9-18-13-15-5-4-6-16(12-15)14-19(10-11-20-2)17-7-8-17/h4-6,12,17-18H,3,7-11,13-14H2,1-2H3. The molecule has 1 N–H and O–H groups in total. The first kappa shape index (κ1) is 15.5. The first-order chi connectivity index (χ1) is 9.83. The van der Waals surface area contributed by atoms with E-state index in [0.717, 1.165) is 38.8 Å². The SMILES string of the molecule is CCCNCc1cccc(CN(CCOC)C2CC2)c1. The van der Waals surface area contributed by atoms with Crippen LogP contribution in [-0.2, 0) is 17.8 Å². The Morgan fingerprint density at radius 3 is 2.80 bits per heavy atom. The second kappa shape index (κ2) is 8.40. The summed E-state index contributed by atoms with van der Waals surface area (Å²) in [6, 6.07) is 9.76. The third-order valence-corrected chi connectivity index (χ3v) is 3.78. The maximum absolute atomic E-state index is 5.23. The van der Waals surface area contributed by atoms with E-state index in [0.29, 0.717) is 0 Å². The third kappa shape index (κ3) is 5.23. The monoisotopic (exact) mass is 276 g/mol. The van der Waals surface area contributed by atoms with Gasteiger partial charge in [-0.1, -0.05) is 31.2 Å². The van der Waals surface area contributed by atoms with E-state index in [4.69, 9.17) is 4.74 Å². The topological polar surface area (TPSA) is 24.5 Å². The highest BCUT2D eigenvalue weighted by atomic mass is 16.5. The molecule has 3 nitrogen and oxygen atoms in total. The molecule has 1 aromatic rings. The molecule has 0 unspecified atom stereocenters. The Kier molecular flexibility index (Phi) is 6.51. The minimum atomic E-state index is 0.784. The maximum atomic E-state index is 5.23. The van der Waals surface area contributed by atoms with E-state index in [9.17, 15) is 0 Å². The average Bonchev–Trinajstić information content (AvgIpc) is 3.29. The molecule has 1 aliphatic carbocycles. The van der Waals surface area contributed by atoms with Crippen molar-refractivity contribution in [2.75, 3.05) is 26.8 Å². The summed E-state index contributed by atoms with van der Waals surface area (Å²) in [7, 11) is 1.78. The van der Waals surface area contributed by atoms with Gasteiger partial charge in [0.1, 0.15) is 0 Å². The Morgan fingerprint density at radius 2 is 2.10 bits per heavy atom. The van der Waals surface area contributed by atoms with Crippen molar-refractivity contribution in [3.05, 3.63) is 35.4 Å². The van der Waals surface area contributed by atoms with Crippen LogP contribution in [0.25, 0.3) is 0 Å². The smallest absolute Gasteiger partial charge is 0.0589 e. The maximum Gasteiger partial charge on any atom is 0.0589 e. The lowest BCUT2D eigenvalue weighted by Crippen LogP contribution is -2.29. The van der Waals surface area contributed by atoms with Crippen LogP contribution in [0.5, 0.6) is 0 Å². The number of benzene rings is 1. The van der Waals surface area contributed by atoms with E-state index in [1.807, 2.05) is 0 Å². The van der Waals surface area contributed by atoms with Gasteiger partial charge in [0.15, 0.2) is 0 Å². The van der Waals surface area contributed by atoms with Crippen molar-refractivity contribution >= 4 is 0 Å². The molecule has 0 saturated heterocycles. The molecule has 1 saturated carbocycles. The van der Waals surface area contributed by atoms with Crippen LogP contribution in [0.2, 0.25) is 0 Å². The first-order valence-corrected chi connectivity index (χ1v) is 7.85. The zero-order valence-corrected chi connectivity index (χ0v) is 12.9. The Morgan fingerprint density at radius 1 is 1.30 bits per heavy atom. The van der Waals surface area contributed by atoms with Gasteiger partial charge in [0.2, 0.25) is 0 Å². The molecule has 0 heterocycles. The van der Waals surface area contributed by atoms with Gasteiger partial charge in [-0.3, -0.25) is 4.90 Å². The summed E-state index contributed by atoms with van der Waals surface area (Å²) >= 11 is 0. The summed E-state index contributed by atoms with van der Waals surface area (Å²) in [4.78, 5) is 2.56. The molecule has 20 heavy (non-hydrogen) atoms. The van der Waals surface area contributed by atoms with Gasteiger partial charge in [-0.15, -0.1) is 0 Å². The highest BCUT2D eigenvalue weighted by Gasteiger charge is 2.28. The van der Waals surface area contributed by atoms with Crippen molar-refractivity contribution in [2.45, 2.75) is 45.3 Å². The first-order valence-electron chi connectivity index (χ1n) is 7.85. The molecule has 1 aliphatic rings. The highest BCUT2D eigenvalue weighted by molar-refractivity contribution is 5.23. The zero-order valence-electron chi connectivity index (χ0n) is 12.9. The van der Waals surface area contributed by atoms with Crippen molar-refractivity contribution in [1.82, 2.24) is 10.2 Å². The predicted octanol–water partition coefficient (Wildman–Crippen LogP) is 2.80. The fourth-order valence-electron chi connectivity index (χ4n) is 2.52. The summed E-state index contributed by atoms with van der Waals surface area (Å²) in [5.74, 6) is 0. The molecule has 112 valence electrons. The average molecular weight is 276 g/mol. The van der Waals surface area contributed by atoms with E-state index in [2.05, 4.69) is 41.4 Å². The molecule has 0 amide bonds. The normalized spacial score (nSPS) is 14.9. The summed E-state index contributed by atoms with van der Waals surface area (Å²) < 4.78 is 5.23. The van der Waals surface area contributed by atoms with Crippen LogP contribution in [0.15, 0.2) is 24.3 Å². The predicted molar refractivity (Wildman–Crippen MR) is 83.7 cm³/mol. The quantitative estimate of drug-likeness (QED) is 0.665. The number of methoxy groups -OCH3 is 1. The summed E-state index contributed by atoms with van der Waals surface area (Å²) in [5.41, 5.74) is 2.81. The van der Waals surface area contributed by atoms with E-state index < -0.39 is 0 Å². The van der Waals surface area contributed by atoms with Gasteiger partial charge in [-0.2, -0.15) is 0 Å². The number of rotatable bonds is 10. The van der Waals surface area contributed by atoms with Crippen molar-refractivity contribution in [1.29, 1.82) is 0 Å². The number of hydrogen-bond acceptors (Lipinski definition) is 3. The Bertz CT molecular complexity index is 390. The second-order valence-electron chi connectivity index (χ2n) is 5.69. The van der Waals surface area contributed by atoms with Crippen LogP contribution >= 0.6 is 0 Å². The molecule has 3 heteroatoms. The van der Waals surface area contributed by atoms with Gasteiger partial charge in [0, 0.05) is 32.8 Å². The largest absolute Gasteiger partial charge is 0.383 e. The van der Waals surface area contributed by atoms with E-state index >= 15 is 0 Å². The molecule has 0 spiro atoms. The van der Waals surface area contributed by atoms with Crippen LogP contribution in [0.1, 0.15) is 37.3 Å². The molecule has 0 bridgehead atoms. The molecular weight excluding hydrogens is 248 g/mol. The third-order valence-electron chi connectivity index (χ3n) is 3.78. The molecular formula is C17H28N2O. The fraction of sp³-hybridized carbons (Fsp3) is 0.647. The fourth-order valence-corrected chi connectivity index (χ4v) is 2.52. The Balaban J connectivity index is 1.88. The van der Waals surface area contributed by atoms with Crippen LogP contribution in [0.4, 0.5) is 0 Å². The molecule has 1 fully saturated rings. The number of hydrogen-bond donors (Lipinski definition) is 1. The van der Waals surface area contributed by atoms with E-state index in [1.165, 1.54) is 30.4 Å². The lowest BCUT2D eigenvalue weighted by atomic mass is 10.1. The van der Waals surface area contributed by atoms with E-state index in [-0.39, 0.29) is 0 Å². The van der Waals surface area contributed by atoms with Gasteiger partial charge in [0.05, 0.1) is 6.61 Å². The summed E-state index contributed by atoms with van der Waals surface area (Å²) in [6.45, 7) is 7.19. The minimum absolute atomic E-state index is 0.784. The molecule has 0 aromatic heterocycles. The molecule has 0 radical (unpaired) electrons. The van der Waals surface area contributed by atoms with Crippen LogP contribution in [-0.4, -0.2) is 37.7 Å². The molecule has 0 aliphatic heterocycles. The van der Waals surface area contributed by atoms with Gasteiger partial charge in [-0.05, 0) is 36.9 Å². The molecule has 1 aromatic carbocycles. The van der Waals surface area contributed by atoms with Crippen molar-refractivity contribution in [2.24, 2.45) is 0 Å². The van der Waals surface area contributed by atoms with Gasteiger partial charge < -0.3 is 10.1 Å². The van der Waals surface area contributed by atoms with E-state index in [1.54, 1.807) is 7.11 Å².